The van der Waals surface area contributed by atoms with Crippen molar-refractivity contribution < 1.29 is 4.79 Å². The average Bonchev–Trinajstić information content (AvgIpc) is 3.13. The molecule has 0 bridgehead atoms. The van der Waals surface area contributed by atoms with Crippen LogP contribution in [-0.4, -0.2) is 40.2 Å². The zero-order valence-corrected chi connectivity index (χ0v) is 16.8. The zero-order valence-electron chi connectivity index (χ0n) is 16.8. The van der Waals surface area contributed by atoms with Crippen molar-refractivity contribution in [2.75, 3.05) is 19.6 Å². The maximum atomic E-state index is 12.9. The van der Waals surface area contributed by atoms with Gasteiger partial charge in [0, 0.05) is 6.54 Å². The number of amides is 1. The number of para-hydroxylation sites is 1. The molecule has 0 aliphatic carbocycles. The SMILES string of the molecule is CCN(CC)C(CNC(=O)c1cnn(-c2ccccc2)c1C)c1ccccc1. The molecule has 1 unspecified atom stereocenters. The third-order valence-electron chi connectivity index (χ3n) is 5.15. The molecule has 0 spiro atoms. The van der Waals surface area contributed by atoms with Crippen molar-refractivity contribution in [3.8, 4) is 5.69 Å². The van der Waals surface area contributed by atoms with Crippen molar-refractivity contribution in [1.82, 2.24) is 20.0 Å². The van der Waals surface area contributed by atoms with E-state index in [1.54, 1.807) is 10.9 Å². The van der Waals surface area contributed by atoms with E-state index in [2.05, 4.69) is 41.3 Å². The Hall–Kier alpha value is -2.92. The van der Waals surface area contributed by atoms with Crippen molar-refractivity contribution in [3.63, 3.8) is 0 Å². The van der Waals surface area contributed by atoms with Crippen molar-refractivity contribution in [1.29, 1.82) is 0 Å². The average molecular weight is 377 g/mol. The van der Waals surface area contributed by atoms with Crippen molar-refractivity contribution in [2.45, 2.75) is 26.8 Å². The fourth-order valence-electron chi connectivity index (χ4n) is 3.54. The number of carbonyl (C=O) groups excluding carboxylic acids is 1. The van der Waals surface area contributed by atoms with Gasteiger partial charge >= 0.3 is 0 Å². The van der Waals surface area contributed by atoms with Gasteiger partial charge in [-0.05, 0) is 37.7 Å². The van der Waals surface area contributed by atoms with E-state index in [1.165, 1.54) is 5.56 Å². The number of likely N-dealkylation sites (N-methyl/N-ethyl adjacent to an activating group) is 1. The third kappa shape index (κ3) is 4.31. The van der Waals surface area contributed by atoms with Gasteiger partial charge in [-0.2, -0.15) is 5.10 Å². The molecule has 1 N–H and O–H groups in total. The second-order valence-corrected chi connectivity index (χ2v) is 6.75. The molecule has 5 nitrogen and oxygen atoms in total. The molecule has 2 aromatic carbocycles. The summed E-state index contributed by atoms with van der Waals surface area (Å²) in [6, 6.07) is 20.3. The predicted molar refractivity (Wildman–Crippen MR) is 113 cm³/mol. The van der Waals surface area contributed by atoms with Crippen molar-refractivity contribution in [2.24, 2.45) is 0 Å². The first-order valence-electron chi connectivity index (χ1n) is 9.82. The number of benzene rings is 2. The molecule has 0 saturated heterocycles. The molecule has 3 aromatic rings. The van der Waals surface area contributed by atoms with Crippen LogP contribution >= 0.6 is 0 Å². The van der Waals surface area contributed by atoms with Crippen LogP contribution in [0.3, 0.4) is 0 Å². The van der Waals surface area contributed by atoms with E-state index in [1.807, 2.05) is 55.5 Å². The quantitative estimate of drug-likeness (QED) is 0.647. The van der Waals surface area contributed by atoms with Crippen LogP contribution in [0.15, 0.2) is 66.9 Å². The Labute approximate surface area is 167 Å². The molecular formula is C23H28N4O. The van der Waals surface area contributed by atoms with Gasteiger partial charge in [0.25, 0.3) is 5.91 Å². The highest BCUT2D eigenvalue weighted by molar-refractivity contribution is 5.95. The summed E-state index contributed by atoms with van der Waals surface area (Å²) in [5, 5.41) is 7.52. The highest BCUT2D eigenvalue weighted by Gasteiger charge is 2.21. The van der Waals surface area contributed by atoms with E-state index in [4.69, 9.17) is 0 Å². The summed E-state index contributed by atoms with van der Waals surface area (Å²) in [7, 11) is 0. The molecular weight excluding hydrogens is 348 g/mol. The molecule has 1 aromatic heterocycles. The number of rotatable bonds is 8. The number of hydrogen-bond acceptors (Lipinski definition) is 3. The Balaban J connectivity index is 1.76. The molecule has 5 heteroatoms. The molecule has 0 aliphatic heterocycles. The molecule has 0 radical (unpaired) electrons. The molecule has 3 rings (SSSR count). The minimum atomic E-state index is -0.0900. The van der Waals surface area contributed by atoms with E-state index in [9.17, 15) is 4.79 Å². The second kappa shape index (κ2) is 9.33. The normalized spacial score (nSPS) is 12.1. The number of nitrogens with one attached hydrogen (secondary N) is 1. The molecule has 0 aliphatic rings. The first-order valence-corrected chi connectivity index (χ1v) is 9.82. The first-order chi connectivity index (χ1) is 13.7. The van der Waals surface area contributed by atoms with Crippen LogP contribution in [0, 0.1) is 6.92 Å². The van der Waals surface area contributed by atoms with E-state index in [-0.39, 0.29) is 11.9 Å². The lowest BCUT2D eigenvalue weighted by Crippen LogP contribution is -2.38. The minimum Gasteiger partial charge on any atom is -0.350 e. The first kappa shape index (κ1) is 19.8. The van der Waals surface area contributed by atoms with E-state index >= 15 is 0 Å². The Morgan fingerprint density at radius 1 is 1.04 bits per heavy atom. The largest absolute Gasteiger partial charge is 0.350 e. The monoisotopic (exact) mass is 376 g/mol. The van der Waals surface area contributed by atoms with Gasteiger partial charge in [0.15, 0.2) is 0 Å². The van der Waals surface area contributed by atoms with Crippen LogP contribution in [0.4, 0.5) is 0 Å². The van der Waals surface area contributed by atoms with Crippen LogP contribution in [0.1, 0.15) is 41.5 Å². The van der Waals surface area contributed by atoms with Crippen LogP contribution in [0.25, 0.3) is 5.69 Å². The van der Waals surface area contributed by atoms with E-state index in [0.29, 0.717) is 12.1 Å². The Morgan fingerprint density at radius 2 is 1.64 bits per heavy atom. The standard InChI is InChI=1S/C23H28N4O/c1-4-26(5-2)22(19-12-8-6-9-13-19)17-24-23(28)21-16-25-27(18(21)3)20-14-10-7-11-15-20/h6-16,22H,4-5,17H2,1-3H3,(H,24,28). The Kier molecular flexibility index (Phi) is 6.61. The summed E-state index contributed by atoms with van der Waals surface area (Å²) in [4.78, 5) is 15.2. The molecule has 1 atom stereocenters. The summed E-state index contributed by atoms with van der Waals surface area (Å²) >= 11 is 0. The van der Waals surface area contributed by atoms with E-state index in [0.717, 1.165) is 24.5 Å². The Morgan fingerprint density at radius 3 is 2.25 bits per heavy atom. The van der Waals surface area contributed by atoms with Gasteiger partial charge < -0.3 is 5.32 Å². The fraction of sp³-hybridized carbons (Fsp3) is 0.304. The van der Waals surface area contributed by atoms with Crippen molar-refractivity contribution >= 4 is 5.91 Å². The van der Waals surface area contributed by atoms with Crippen LogP contribution in [0.2, 0.25) is 0 Å². The molecule has 146 valence electrons. The highest BCUT2D eigenvalue weighted by Crippen LogP contribution is 2.20. The lowest BCUT2D eigenvalue weighted by Gasteiger charge is -2.30. The van der Waals surface area contributed by atoms with Gasteiger partial charge in [0.2, 0.25) is 0 Å². The van der Waals surface area contributed by atoms with Crippen LogP contribution < -0.4 is 5.32 Å². The lowest BCUT2D eigenvalue weighted by molar-refractivity contribution is 0.0934. The lowest BCUT2D eigenvalue weighted by atomic mass is 10.0. The molecule has 0 saturated carbocycles. The van der Waals surface area contributed by atoms with Crippen molar-refractivity contribution in [3.05, 3.63) is 83.7 Å². The maximum Gasteiger partial charge on any atom is 0.254 e. The third-order valence-corrected chi connectivity index (χ3v) is 5.15. The van der Waals surface area contributed by atoms with Gasteiger partial charge in [-0.25, -0.2) is 4.68 Å². The van der Waals surface area contributed by atoms with Gasteiger partial charge in [0.1, 0.15) is 0 Å². The van der Waals surface area contributed by atoms with Gasteiger partial charge in [-0.3, -0.25) is 9.69 Å². The number of hydrogen-bond donors (Lipinski definition) is 1. The summed E-state index contributed by atoms with van der Waals surface area (Å²) in [5.74, 6) is -0.0900. The number of aromatic nitrogens is 2. The predicted octanol–water partition coefficient (Wildman–Crippen LogP) is 3.99. The number of nitrogens with zero attached hydrogens (tertiary/aromatic N) is 3. The minimum absolute atomic E-state index is 0.0900. The molecule has 0 fully saturated rings. The topological polar surface area (TPSA) is 50.2 Å². The second-order valence-electron chi connectivity index (χ2n) is 6.75. The maximum absolute atomic E-state index is 12.9. The van der Waals surface area contributed by atoms with Gasteiger partial charge in [0.05, 0.1) is 29.2 Å². The molecule has 28 heavy (non-hydrogen) atoms. The summed E-state index contributed by atoms with van der Waals surface area (Å²) in [6.45, 7) is 8.63. The van der Waals surface area contributed by atoms with E-state index < -0.39 is 0 Å². The van der Waals surface area contributed by atoms with Gasteiger partial charge in [-0.1, -0.05) is 62.4 Å². The smallest absolute Gasteiger partial charge is 0.254 e. The summed E-state index contributed by atoms with van der Waals surface area (Å²) in [6.07, 6.45) is 1.65. The van der Waals surface area contributed by atoms with Gasteiger partial charge in [-0.15, -0.1) is 0 Å². The number of carbonyl (C=O) groups is 1. The Bertz CT molecular complexity index is 885. The molecule has 1 amide bonds. The summed E-state index contributed by atoms with van der Waals surface area (Å²) < 4.78 is 1.80. The van der Waals surface area contributed by atoms with Crippen LogP contribution in [-0.2, 0) is 0 Å². The zero-order chi connectivity index (χ0) is 19.9. The van der Waals surface area contributed by atoms with Crippen LogP contribution in [0.5, 0.6) is 0 Å². The fourth-order valence-corrected chi connectivity index (χ4v) is 3.54. The molecule has 1 heterocycles. The summed E-state index contributed by atoms with van der Waals surface area (Å²) in [5.41, 5.74) is 3.60. The highest BCUT2D eigenvalue weighted by atomic mass is 16.1.